The third kappa shape index (κ3) is 2.96. The summed E-state index contributed by atoms with van der Waals surface area (Å²) in [5, 5.41) is 8.47. The second-order valence-electron chi connectivity index (χ2n) is 4.87. The van der Waals surface area contributed by atoms with Gasteiger partial charge in [0.25, 0.3) is 0 Å². The zero-order chi connectivity index (χ0) is 10.6. The predicted molar refractivity (Wildman–Crippen MR) is 57.9 cm³/mol. The van der Waals surface area contributed by atoms with Crippen LogP contribution in [0.15, 0.2) is 0 Å². The van der Waals surface area contributed by atoms with Crippen molar-refractivity contribution in [3.8, 4) is 0 Å². The molecule has 1 fully saturated rings. The monoisotopic (exact) mass is 200 g/mol. The Hall–Kier alpha value is -0.0800. The van der Waals surface area contributed by atoms with Crippen molar-refractivity contribution in [1.82, 2.24) is 0 Å². The van der Waals surface area contributed by atoms with E-state index in [0.717, 1.165) is 30.1 Å². The molecular weight excluding hydrogens is 176 g/mol. The van der Waals surface area contributed by atoms with Crippen molar-refractivity contribution < 1.29 is 9.84 Å². The number of aliphatic hydroxyl groups excluding tert-OH is 1. The molecular formula is C12H24O2. The molecule has 0 aromatic carbocycles. The lowest BCUT2D eigenvalue weighted by atomic mass is 9.89. The van der Waals surface area contributed by atoms with Crippen molar-refractivity contribution in [2.75, 3.05) is 13.4 Å². The van der Waals surface area contributed by atoms with E-state index < -0.39 is 0 Å². The predicted octanol–water partition coefficient (Wildman–Crippen LogP) is 2.66. The Kier molecular flexibility index (Phi) is 4.90. The van der Waals surface area contributed by atoms with Crippen molar-refractivity contribution in [2.24, 2.45) is 23.7 Å². The first-order valence-electron chi connectivity index (χ1n) is 5.85. The van der Waals surface area contributed by atoms with Gasteiger partial charge in [-0.3, -0.25) is 0 Å². The van der Waals surface area contributed by atoms with Crippen LogP contribution in [0.3, 0.4) is 0 Å². The van der Waals surface area contributed by atoms with Gasteiger partial charge in [-0.2, -0.15) is 0 Å². The lowest BCUT2D eigenvalue weighted by Gasteiger charge is -2.18. The molecule has 1 saturated carbocycles. The fourth-order valence-electron chi connectivity index (χ4n) is 2.75. The highest BCUT2D eigenvalue weighted by Crippen LogP contribution is 2.42. The summed E-state index contributed by atoms with van der Waals surface area (Å²) in [6.45, 7) is 7.70. The minimum Gasteiger partial charge on any atom is -0.371 e. The summed E-state index contributed by atoms with van der Waals surface area (Å²) in [6, 6.07) is 0. The quantitative estimate of drug-likeness (QED) is 0.546. The SMILES string of the molecule is CC1CC(CCCOCO)C(C)C1C. The first kappa shape index (κ1) is 12.0. The first-order valence-corrected chi connectivity index (χ1v) is 5.85. The van der Waals surface area contributed by atoms with Crippen LogP contribution >= 0.6 is 0 Å². The molecule has 1 rings (SSSR count). The van der Waals surface area contributed by atoms with Gasteiger partial charge >= 0.3 is 0 Å². The second kappa shape index (κ2) is 5.72. The fraction of sp³-hybridized carbons (Fsp3) is 1.00. The van der Waals surface area contributed by atoms with Crippen LogP contribution in [0, 0.1) is 23.7 Å². The number of hydrogen-bond acceptors (Lipinski definition) is 2. The molecule has 1 aliphatic carbocycles. The van der Waals surface area contributed by atoms with Crippen LogP contribution < -0.4 is 0 Å². The topological polar surface area (TPSA) is 29.5 Å². The highest BCUT2D eigenvalue weighted by molar-refractivity contribution is 4.84. The first-order chi connectivity index (χ1) is 6.66. The van der Waals surface area contributed by atoms with Gasteiger partial charge in [0, 0.05) is 6.61 Å². The van der Waals surface area contributed by atoms with Crippen molar-refractivity contribution in [3.63, 3.8) is 0 Å². The molecule has 1 N–H and O–H groups in total. The molecule has 14 heavy (non-hydrogen) atoms. The largest absolute Gasteiger partial charge is 0.371 e. The number of rotatable bonds is 5. The summed E-state index contributed by atoms with van der Waals surface area (Å²) in [5.41, 5.74) is 0. The molecule has 84 valence electrons. The summed E-state index contributed by atoms with van der Waals surface area (Å²) in [4.78, 5) is 0. The molecule has 0 aliphatic heterocycles. The van der Waals surface area contributed by atoms with E-state index in [0.29, 0.717) is 6.61 Å². The van der Waals surface area contributed by atoms with E-state index in [1.165, 1.54) is 12.8 Å². The Morgan fingerprint density at radius 3 is 2.43 bits per heavy atom. The Morgan fingerprint density at radius 1 is 1.21 bits per heavy atom. The summed E-state index contributed by atoms with van der Waals surface area (Å²) in [7, 11) is 0. The summed E-state index contributed by atoms with van der Waals surface area (Å²) in [6.07, 6.45) is 3.73. The van der Waals surface area contributed by atoms with Gasteiger partial charge in [0.15, 0.2) is 0 Å². The fourth-order valence-corrected chi connectivity index (χ4v) is 2.75. The number of aliphatic hydroxyl groups is 1. The van der Waals surface area contributed by atoms with Gasteiger partial charge in [0.2, 0.25) is 0 Å². The third-order valence-corrected chi connectivity index (χ3v) is 4.10. The maximum Gasteiger partial charge on any atom is 0.143 e. The Balaban J connectivity index is 2.19. The summed E-state index contributed by atoms with van der Waals surface area (Å²) in [5.74, 6) is 3.49. The molecule has 2 nitrogen and oxygen atoms in total. The summed E-state index contributed by atoms with van der Waals surface area (Å²) >= 11 is 0. The molecule has 0 bridgehead atoms. The minimum atomic E-state index is -0.132. The standard InChI is InChI=1S/C12H24O2/c1-9-7-12(11(3)10(9)2)5-4-6-14-8-13/h9-13H,4-8H2,1-3H3. The molecule has 4 unspecified atom stereocenters. The average Bonchev–Trinajstić information content (AvgIpc) is 2.41. The highest BCUT2D eigenvalue weighted by atomic mass is 16.6. The number of ether oxygens (including phenoxy) is 1. The van der Waals surface area contributed by atoms with Gasteiger partial charge in [0.1, 0.15) is 6.79 Å². The second-order valence-corrected chi connectivity index (χ2v) is 4.87. The normalized spacial score (nSPS) is 37.7. The maximum atomic E-state index is 8.47. The third-order valence-electron chi connectivity index (χ3n) is 4.10. The molecule has 2 heteroatoms. The van der Waals surface area contributed by atoms with E-state index in [-0.39, 0.29) is 6.79 Å². The molecule has 1 aliphatic rings. The Morgan fingerprint density at radius 2 is 1.93 bits per heavy atom. The van der Waals surface area contributed by atoms with E-state index in [1.54, 1.807) is 0 Å². The van der Waals surface area contributed by atoms with E-state index in [4.69, 9.17) is 9.84 Å². The van der Waals surface area contributed by atoms with Crippen molar-refractivity contribution in [2.45, 2.75) is 40.0 Å². The lowest BCUT2D eigenvalue weighted by molar-refractivity contribution is -0.00421. The molecule has 0 aromatic heterocycles. The van der Waals surface area contributed by atoms with Crippen molar-refractivity contribution in [1.29, 1.82) is 0 Å². The van der Waals surface area contributed by atoms with Crippen LogP contribution in [-0.2, 0) is 4.74 Å². The van der Waals surface area contributed by atoms with Gasteiger partial charge in [0.05, 0.1) is 0 Å². The van der Waals surface area contributed by atoms with Crippen molar-refractivity contribution in [3.05, 3.63) is 0 Å². The van der Waals surface area contributed by atoms with Crippen LogP contribution in [-0.4, -0.2) is 18.5 Å². The van der Waals surface area contributed by atoms with Gasteiger partial charge in [-0.1, -0.05) is 20.8 Å². The van der Waals surface area contributed by atoms with Crippen molar-refractivity contribution >= 4 is 0 Å². The van der Waals surface area contributed by atoms with Crippen LogP contribution in [0.2, 0.25) is 0 Å². The smallest absolute Gasteiger partial charge is 0.143 e. The molecule has 0 amide bonds. The van der Waals surface area contributed by atoms with Crippen LogP contribution in [0.25, 0.3) is 0 Å². The van der Waals surface area contributed by atoms with Gasteiger partial charge in [-0.25, -0.2) is 0 Å². The Bertz CT molecular complexity index is 158. The van der Waals surface area contributed by atoms with E-state index >= 15 is 0 Å². The lowest BCUT2D eigenvalue weighted by Crippen LogP contribution is -2.10. The Labute approximate surface area is 87.7 Å². The molecule has 0 saturated heterocycles. The van der Waals surface area contributed by atoms with Gasteiger partial charge in [-0.05, 0) is 42.9 Å². The summed E-state index contributed by atoms with van der Waals surface area (Å²) < 4.78 is 4.94. The van der Waals surface area contributed by atoms with Crippen LogP contribution in [0.1, 0.15) is 40.0 Å². The molecule has 0 radical (unpaired) electrons. The van der Waals surface area contributed by atoms with Gasteiger partial charge < -0.3 is 9.84 Å². The van der Waals surface area contributed by atoms with Crippen LogP contribution in [0.5, 0.6) is 0 Å². The molecule has 0 spiro atoms. The minimum absolute atomic E-state index is 0.132. The van der Waals surface area contributed by atoms with E-state index in [9.17, 15) is 0 Å². The average molecular weight is 200 g/mol. The van der Waals surface area contributed by atoms with E-state index in [2.05, 4.69) is 20.8 Å². The molecule has 0 aromatic rings. The van der Waals surface area contributed by atoms with E-state index in [1.807, 2.05) is 0 Å². The van der Waals surface area contributed by atoms with Gasteiger partial charge in [-0.15, -0.1) is 0 Å². The zero-order valence-electron chi connectivity index (χ0n) is 9.70. The number of hydrogen-bond donors (Lipinski definition) is 1. The molecule has 4 atom stereocenters. The highest BCUT2D eigenvalue weighted by Gasteiger charge is 2.34. The molecule has 0 heterocycles. The maximum absolute atomic E-state index is 8.47. The van der Waals surface area contributed by atoms with Crippen LogP contribution in [0.4, 0.5) is 0 Å². The zero-order valence-corrected chi connectivity index (χ0v) is 9.70.